The van der Waals surface area contributed by atoms with Gasteiger partial charge in [-0.1, -0.05) is 42.0 Å². The normalized spacial score (nSPS) is 16.4. The second-order valence-electron chi connectivity index (χ2n) is 7.44. The minimum absolute atomic E-state index is 0.120. The Morgan fingerprint density at radius 1 is 1.04 bits per heavy atom. The van der Waals surface area contributed by atoms with Gasteiger partial charge in [0.2, 0.25) is 5.76 Å². The van der Waals surface area contributed by atoms with E-state index in [0.29, 0.717) is 23.1 Å². The van der Waals surface area contributed by atoms with E-state index < -0.39 is 6.04 Å². The maximum absolute atomic E-state index is 13.3. The minimum Gasteiger partial charge on any atom is -0.450 e. The smallest absolute Gasteiger partial charge is 0.291 e. The fraction of sp³-hybridized carbons (Fsp3) is 0.273. The van der Waals surface area contributed by atoms with Crippen LogP contribution in [0.3, 0.4) is 0 Å². The Kier molecular flexibility index (Phi) is 4.32. The van der Waals surface area contributed by atoms with Crippen LogP contribution in [-0.4, -0.2) is 38.0 Å². The van der Waals surface area contributed by atoms with E-state index in [2.05, 4.69) is 0 Å². The van der Waals surface area contributed by atoms with Gasteiger partial charge in [-0.2, -0.15) is 0 Å². The summed E-state index contributed by atoms with van der Waals surface area (Å²) in [6.45, 7) is 3.36. The summed E-state index contributed by atoms with van der Waals surface area (Å²) in [5, 5.41) is 0.515. The van der Waals surface area contributed by atoms with Gasteiger partial charge in [-0.15, -0.1) is 0 Å². The van der Waals surface area contributed by atoms with Gasteiger partial charge >= 0.3 is 0 Å². The molecule has 4 rings (SSSR count). The number of aryl methyl sites for hydroxylation is 1. The Morgan fingerprint density at radius 3 is 2.44 bits per heavy atom. The number of nitrogens with zero attached hydrogens (tertiary/aromatic N) is 1. The van der Waals surface area contributed by atoms with Crippen LogP contribution >= 0.6 is 0 Å². The maximum Gasteiger partial charge on any atom is 0.291 e. The molecular weight excluding hydrogens is 340 g/mol. The Labute approximate surface area is 157 Å². The Bertz CT molecular complexity index is 1070. The van der Waals surface area contributed by atoms with Crippen molar-refractivity contribution in [2.75, 3.05) is 27.2 Å². The minimum atomic E-state index is -0.409. The molecule has 0 radical (unpaired) electrons. The summed E-state index contributed by atoms with van der Waals surface area (Å²) in [6, 6.07) is 14.7. The van der Waals surface area contributed by atoms with Crippen LogP contribution in [0.1, 0.15) is 33.3 Å². The molecule has 1 atom stereocenters. The molecule has 27 heavy (non-hydrogen) atoms. The van der Waals surface area contributed by atoms with E-state index in [4.69, 9.17) is 4.42 Å². The lowest BCUT2D eigenvalue weighted by atomic mass is 9.98. The summed E-state index contributed by atoms with van der Waals surface area (Å²) in [5.74, 6) is -0.0299. The Morgan fingerprint density at radius 2 is 1.74 bits per heavy atom. The number of para-hydroxylation sites is 1. The summed E-state index contributed by atoms with van der Waals surface area (Å²) in [5.41, 5.74) is 2.86. The van der Waals surface area contributed by atoms with Gasteiger partial charge in [0, 0.05) is 0 Å². The second kappa shape index (κ2) is 6.67. The number of hydrogen-bond donors (Lipinski definition) is 1. The van der Waals surface area contributed by atoms with E-state index >= 15 is 0 Å². The lowest BCUT2D eigenvalue weighted by molar-refractivity contribution is -0.857. The molecule has 0 unspecified atom stereocenters. The molecule has 138 valence electrons. The van der Waals surface area contributed by atoms with Crippen molar-refractivity contribution < 1.29 is 14.1 Å². The zero-order valence-electron chi connectivity index (χ0n) is 15.8. The third kappa shape index (κ3) is 2.94. The third-order valence-electron chi connectivity index (χ3n) is 5.12. The molecule has 5 nitrogen and oxygen atoms in total. The molecule has 3 aromatic rings. The molecule has 0 aliphatic carbocycles. The van der Waals surface area contributed by atoms with Crippen LogP contribution < -0.4 is 10.3 Å². The van der Waals surface area contributed by atoms with Crippen LogP contribution in [0, 0.1) is 6.92 Å². The van der Waals surface area contributed by atoms with E-state index in [1.54, 1.807) is 17.0 Å². The molecule has 1 N–H and O–H groups in total. The van der Waals surface area contributed by atoms with Crippen molar-refractivity contribution in [1.29, 1.82) is 0 Å². The predicted octanol–water partition coefficient (Wildman–Crippen LogP) is 1.79. The molecule has 1 aliphatic rings. The highest BCUT2D eigenvalue weighted by molar-refractivity contribution is 5.99. The first-order chi connectivity index (χ1) is 13.0. The van der Waals surface area contributed by atoms with Gasteiger partial charge in [-0.05, 0) is 24.6 Å². The van der Waals surface area contributed by atoms with Gasteiger partial charge in [0.05, 0.1) is 44.2 Å². The molecule has 0 spiro atoms. The number of benzene rings is 2. The fourth-order valence-corrected chi connectivity index (χ4v) is 3.64. The average Bonchev–Trinajstić information content (AvgIpc) is 2.93. The number of carbonyl (C=O) groups is 1. The van der Waals surface area contributed by atoms with Crippen molar-refractivity contribution in [2.24, 2.45) is 0 Å². The van der Waals surface area contributed by atoms with E-state index in [-0.39, 0.29) is 17.1 Å². The van der Waals surface area contributed by atoms with Gasteiger partial charge in [0.15, 0.2) is 5.43 Å². The number of carbonyl (C=O) groups excluding carboxylic acids is 1. The number of hydrogen-bond acceptors (Lipinski definition) is 3. The number of likely N-dealkylation sites (N-methyl/N-ethyl adjacent to an activating group) is 1. The molecule has 0 saturated carbocycles. The van der Waals surface area contributed by atoms with Crippen molar-refractivity contribution in [3.8, 4) is 0 Å². The molecular formula is C22H23N2O3+. The molecule has 0 saturated heterocycles. The van der Waals surface area contributed by atoms with Crippen LogP contribution in [0.4, 0.5) is 0 Å². The van der Waals surface area contributed by atoms with Crippen molar-refractivity contribution >= 4 is 16.9 Å². The number of rotatable bonds is 4. The highest BCUT2D eigenvalue weighted by Crippen LogP contribution is 2.37. The lowest BCUT2D eigenvalue weighted by Crippen LogP contribution is -3.06. The number of nitrogens with one attached hydrogen (secondary N) is 1. The molecule has 2 aromatic carbocycles. The van der Waals surface area contributed by atoms with Crippen LogP contribution in [0.25, 0.3) is 11.0 Å². The number of amides is 1. The molecule has 2 heterocycles. The van der Waals surface area contributed by atoms with E-state index in [9.17, 15) is 9.59 Å². The van der Waals surface area contributed by atoms with Crippen molar-refractivity contribution in [3.05, 3.63) is 81.2 Å². The largest absolute Gasteiger partial charge is 0.450 e. The van der Waals surface area contributed by atoms with E-state index in [1.165, 1.54) is 4.90 Å². The van der Waals surface area contributed by atoms with Crippen LogP contribution in [-0.2, 0) is 0 Å². The van der Waals surface area contributed by atoms with E-state index in [1.807, 2.05) is 57.4 Å². The number of fused-ring (bicyclic) bond motifs is 2. The Hall–Kier alpha value is -2.92. The summed E-state index contributed by atoms with van der Waals surface area (Å²) in [6.07, 6.45) is 0. The zero-order chi connectivity index (χ0) is 19.1. The van der Waals surface area contributed by atoms with Gasteiger partial charge < -0.3 is 14.2 Å². The quantitative estimate of drug-likeness (QED) is 0.769. The van der Waals surface area contributed by atoms with E-state index in [0.717, 1.165) is 17.7 Å². The van der Waals surface area contributed by atoms with Crippen molar-refractivity contribution in [3.63, 3.8) is 0 Å². The van der Waals surface area contributed by atoms with Gasteiger partial charge in [0.1, 0.15) is 5.58 Å². The maximum atomic E-state index is 13.3. The first-order valence-electron chi connectivity index (χ1n) is 9.19. The van der Waals surface area contributed by atoms with Gasteiger partial charge in [0.25, 0.3) is 5.91 Å². The number of quaternary nitrogens is 1. The van der Waals surface area contributed by atoms with Gasteiger partial charge in [-0.3, -0.25) is 9.59 Å². The standard InChI is InChI=1S/C22H22N2O3/c1-14-8-10-15(11-9-14)19-18-20(25)16-6-4-5-7-17(16)27-21(18)22(26)24(19)13-12-23(2)3/h4-11,19H,12-13H2,1-3H3/p+1/t19-/m1/s1. The first-order valence-corrected chi connectivity index (χ1v) is 9.19. The lowest BCUT2D eigenvalue weighted by Gasteiger charge is -2.25. The van der Waals surface area contributed by atoms with Crippen LogP contribution in [0.15, 0.2) is 57.7 Å². The summed E-state index contributed by atoms with van der Waals surface area (Å²) < 4.78 is 5.91. The van der Waals surface area contributed by atoms with Crippen molar-refractivity contribution in [1.82, 2.24) is 4.90 Å². The molecule has 1 aromatic heterocycles. The summed E-state index contributed by atoms with van der Waals surface area (Å²) in [4.78, 5) is 29.4. The molecule has 1 amide bonds. The summed E-state index contributed by atoms with van der Waals surface area (Å²) >= 11 is 0. The SMILES string of the molecule is Cc1ccc([C@@H]2c3c(oc4ccccc4c3=O)C(=O)N2CC[NH+](C)C)cc1. The van der Waals surface area contributed by atoms with Gasteiger partial charge in [-0.25, -0.2) is 0 Å². The fourth-order valence-electron chi connectivity index (χ4n) is 3.64. The topological polar surface area (TPSA) is 55.0 Å². The second-order valence-corrected chi connectivity index (χ2v) is 7.44. The van der Waals surface area contributed by atoms with Crippen molar-refractivity contribution in [2.45, 2.75) is 13.0 Å². The first kappa shape index (κ1) is 17.5. The molecule has 0 bridgehead atoms. The highest BCUT2D eigenvalue weighted by atomic mass is 16.3. The average molecular weight is 363 g/mol. The highest BCUT2D eigenvalue weighted by Gasteiger charge is 2.42. The summed E-state index contributed by atoms with van der Waals surface area (Å²) in [7, 11) is 4.10. The monoisotopic (exact) mass is 363 g/mol. The Balaban J connectivity index is 1.93. The molecule has 1 aliphatic heterocycles. The molecule has 5 heteroatoms. The molecule has 0 fully saturated rings. The van der Waals surface area contributed by atoms with Crippen LogP contribution in [0.5, 0.6) is 0 Å². The zero-order valence-corrected chi connectivity index (χ0v) is 15.8. The third-order valence-corrected chi connectivity index (χ3v) is 5.12. The van der Waals surface area contributed by atoms with Crippen LogP contribution in [0.2, 0.25) is 0 Å². The predicted molar refractivity (Wildman–Crippen MR) is 104 cm³/mol.